The van der Waals surface area contributed by atoms with E-state index in [1.165, 1.54) is 0 Å². The van der Waals surface area contributed by atoms with Gasteiger partial charge in [-0.15, -0.1) is 5.10 Å². The Labute approximate surface area is 88.2 Å². The molecule has 76 valence electrons. The van der Waals surface area contributed by atoms with Crippen molar-refractivity contribution in [3.05, 3.63) is 29.7 Å². The van der Waals surface area contributed by atoms with Gasteiger partial charge in [-0.1, -0.05) is 6.07 Å². The quantitative estimate of drug-likeness (QED) is 0.705. The molecule has 4 heteroatoms. The van der Waals surface area contributed by atoms with E-state index >= 15 is 0 Å². The minimum Gasteiger partial charge on any atom is -0.221 e. The predicted octanol–water partition coefficient (Wildman–Crippen LogP) is 1.84. The molecule has 0 N–H and O–H groups in total. The lowest BCUT2D eigenvalue weighted by atomic mass is 9.95. The van der Waals surface area contributed by atoms with Gasteiger partial charge in [-0.05, 0) is 32.4 Å². The van der Waals surface area contributed by atoms with Crippen molar-refractivity contribution >= 4 is 5.65 Å². The molecule has 0 amide bonds. The number of hydrogen-bond donors (Lipinski definition) is 0. The fraction of sp³-hybridized carbons (Fsp3) is 0.364. The standard InChI is InChI=1S/C11H12N4/c1-8-4-5-9-13-10(11(2,3)7-12)14-15(9)6-8/h4-6H,1-3H3. The smallest absolute Gasteiger partial charge is 0.171 e. The van der Waals surface area contributed by atoms with Gasteiger partial charge in [0.1, 0.15) is 5.41 Å². The normalized spacial score (nSPS) is 11.6. The molecule has 0 saturated carbocycles. The third-order valence-corrected chi connectivity index (χ3v) is 2.32. The first-order chi connectivity index (χ1) is 7.03. The van der Waals surface area contributed by atoms with E-state index < -0.39 is 5.41 Å². The predicted molar refractivity (Wildman–Crippen MR) is 56.4 cm³/mol. The minimum atomic E-state index is -0.639. The van der Waals surface area contributed by atoms with Gasteiger partial charge in [0.15, 0.2) is 11.5 Å². The summed E-state index contributed by atoms with van der Waals surface area (Å²) in [6.45, 7) is 5.62. The van der Waals surface area contributed by atoms with Gasteiger partial charge in [0, 0.05) is 6.20 Å². The number of rotatable bonds is 1. The fourth-order valence-electron chi connectivity index (χ4n) is 1.30. The Kier molecular flexibility index (Phi) is 1.97. The summed E-state index contributed by atoms with van der Waals surface area (Å²) in [6.07, 6.45) is 1.90. The van der Waals surface area contributed by atoms with Crippen LogP contribution < -0.4 is 0 Å². The van der Waals surface area contributed by atoms with E-state index in [4.69, 9.17) is 5.26 Å². The Morgan fingerprint density at radius 2 is 2.13 bits per heavy atom. The number of pyridine rings is 1. The Morgan fingerprint density at radius 1 is 1.40 bits per heavy atom. The molecule has 0 atom stereocenters. The summed E-state index contributed by atoms with van der Waals surface area (Å²) in [4.78, 5) is 4.33. The van der Waals surface area contributed by atoms with Crippen molar-refractivity contribution in [1.29, 1.82) is 5.26 Å². The molecule has 0 aliphatic rings. The van der Waals surface area contributed by atoms with Crippen LogP contribution >= 0.6 is 0 Å². The number of nitrogens with zero attached hydrogens (tertiary/aromatic N) is 4. The van der Waals surface area contributed by atoms with Crippen molar-refractivity contribution in [3.8, 4) is 6.07 Å². The van der Waals surface area contributed by atoms with Crippen molar-refractivity contribution in [2.45, 2.75) is 26.2 Å². The highest BCUT2D eigenvalue weighted by molar-refractivity contribution is 5.40. The second-order valence-corrected chi connectivity index (χ2v) is 4.18. The Morgan fingerprint density at radius 3 is 2.80 bits per heavy atom. The largest absolute Gasteiger partial charge is 0.221 e. The number of hydrogen-bond acceptors (Lipinski definition) is 3. The monoisotopic (exact) mass is 200 g/mol. The third-order valence-electron chi connectivity index (χ3n) is 2.32. The zero-order valence-corrected chi connectivity index (χ0v) is 9.02. The highest BCUT2D eigenvalue weighted by Gasteiger charge is 2.25. The molecule has 0 fully saturated rings. The summed E-state index contributed by atoms with van der Waals surface area (Å²) in [5.41, 5.74) is 1.26. The molecule has 4 nitrogen and oxygen atoms in total. The minimum absolute atomic E-state index is 0.565. The maximum Gasteiger partial charge on any atom is 0.171 e. The van der Waals surface area contributed by atoms with Gasteiger partial charge in [0.2, 0.25) is 0 Å². The van der Waals surface area contributed by atoms with Crippen LogP contribution in [0.15, 0.2) is 18.3 Å². The van der Waals surface area contributed by atoms with Gasteiger partial charge < -0.3 is 0 Å². The third kappa shape index (κ3) is 1.57. The van der Waals surface area contributed by atoms with Crippen LogP contribution in [0.4, 0.5) is 0 Å². The van der Waals surface area contributed by atoms with Crippen molar-refractivity contribution in [2.75, 3.05) is 0 Å². The summed E-state index contributed by atoms with van der Waals surface area (Å²) in [6, 6.07) is 6.08. The van der Waals surface area contributed by atoms with Crippen LogP contribution in [0, 0.1) is 18.3 Å². The second-order valence-electron chi connectivity index (χ2n) is 4.18. The number of nitriles is 1. The lowest BCUT2D eigenvalue weighted by Gasteiger charge is -2.08. The Bertz CT molecular complexity index is 545. The van der Waals surface area contributed by atoms with Crippen LogP contribution in [-0.4, -0.2) is 14.6 Å². The molecule has 0 radical (unpaired) electrons. The summed E-state index contributed by atoms with van der Waals surface area (Å²) < 4.78 is 1.71. The second kappa shape index (κ2) is 3.06. The number of aryl methyl sites for hydroxylation is 1. The van der Waals surface area contributed by atoms with Crippen LogP contribution in [0.25, 0.3) is 5.65 Å². The Hall–Kier alpha value is -1.89. The van der Waals surface area contributed by atoms with Crippen LogP contribution in [-0.2, 0) is 5.41 Å². The molecule has 2 aromatic heterocycles. The van der Waals surface area contributed by atoms with Gasteiger partial charge in [-0.3, -0.25) is 0 Å². The van der Waals surface area contributed by atoms with Crippen LogP contribution in [0.3, 0.4) is 0 Å². The van der Waals surface area contributed by atoms with E-state index in [0.29, 0.717) is 5.82 Å². The van der Waals surface area contributed by atoms with Crippen molar-refractivity contribution in [2.24, 2.45) is 0 Å². The lowest BCUT2D eigenvalue weighted by Crippen LogP contribution is -2.16. The molecule has 0 unspecified atom stereocenters. The van der Waals surface area contributed by atoms with Gasteiger partial charge in [-0.25, -0.2) is 9.50 Å². The number of aromatic nitrogens is 3. The maximum atomic E-state index is 8.99. The first kappa shape index (κ1) is 9.66. The van der Waals surface area contributed by atoms with E-state index in [2.05, 4.69) is 16.2 Å². The van der Waals surface area contributed by atoms with E-state index in [-0.39, 0.29) is 0 Å². The molecular weight excluding hydrogens is 188 g/mol. The fourth-order valence-corrected chi connectivity index (χ4v) is 1.30. The molecule has 0 bridgehead atoms. The zero-order valence-electron chi connectivity index (χ0n) is 9.02. The molecule has 2 aromatic rings. The first-order valence-corrected chi connectivity index (χ1v) is 4.78. The van der Waals surface area contributed by atoms with Crippen molar-refractivity contribution < 1.29 is 0 Å². The maximum absolute atomic E-state index is 8.99. The number of fused-ring (bicyclic) bond motifs is 1. The molecule has 0 aliphatic heterocycles. The molecule has 0 spiro atoms. The van der Waals surface area contributed by atoms with Gasteiger partial charge in [-0.2, -0.15) is 5.26 Å². The molecule has 15 heavy (non-hydrogen) atoms. The molecule has 2 rings (SSSR count). The van der Waals surface area contributed by atoms with Crippen molar-refractivity contribution in [3.63, 3.8) is 0 Å². The molecule has 0 saturated heterocycles. The van der Waals surface area contributed by atoms with Crippen molar-refractivity contribution in [1.82, 2.24) is 14.6 Å². The topological polar surface area (TPSA) is 54.0 Å². The average Bonchev–Trinajstić information content (AvgIpc) is 2.61. The van der Waals surface area contributed by atoms with E-state index in [1.54, 1.807) is 4.52 Å². The van der Waals surface area contributed by atoms with Gasteiger partial charge in [0.25, 0.3) is 0 Å². The summed E-state index contributed by atoms with van der Waals surface area (Å²) in [5.74, 6) is 0.565. The summed E-state index contributed by atoms with van der Waals surface area (Å²) in [7, 11) is 0. The average molecular weight is 200 g/mol. The zero-order chi connectivity index (χ0) is 11.1. The van der Waals surface area contributed by atoms with Crippen LogP contribution in [0.2, 0.25) is 0 Å². The molecule has 2 heterocycles. The summed E-state index contributed by atoms with van der Waals surface area (Å²) >= 11 is 0. The van der Waals surface area contributed by atoms with Crippen LogP contribution in [0.1, 0.15) is 25.2 Å². The lowest BCUT2D eigenvalue weighted by molar-refractivity contribution is 0.627. The SMILES string of the molecule is Cc1ccc2nc(C(C)(C)C#N)nn2c1. The first-order valence-electron chi connectivity index (χ1n) is 4.78. The van der Waals surface area contributed by atoms with E-state index in [1.807, 2.05) is 39.1 Å². The molecule has 0 aromatic carbocycles. The Balaban J connectivity index is 2.63. The highest BCUT2D eigenvalue weighted by Crippen LogP contribution is 2.18. The summed E-state index contributed by atoms with van der Waals surface area (Å²) in [5, 5.41) is 13.3. The van der Waals surface area contributed by atoms with Gasteiger partial charge in [0.05, 0.1) is 6.07 Å². The van der Waals surface area contributed by atoms with Crippen LogP contribution in [0.5, 0.6) is 0 Å². The van der Waals surface area contributed by atoms with E-state index in [0.717, 1.165) is 11.2 Å². The highest BCUT2D eigenvalue weighted by atomic mass is 15.3. The van der Waals surface area contributed by atoms with E-state index in [9.17, 15) is 0 Å². The van der Waals surface area contributed by atoms with Gasteiger partial charge >= 0.3 is 0 Å². The molecular formula is C11H12N4. The molecule has 0 aliphatic carbocycles.